The molecule has 0 saturated carbocycles. The quantitative estimate of drug-likeness (QED) is 0.414. The molecule has 0 aliphatic carbocycles. The van der Waals surface area contributed by atoms with Crippen LogP contribution >= 0.6 is 0 Å². The van der Waals surface area contributed by atoms with Gasteiger partial charge in [-0.2, -0.15) is 0 Å². The molecule has 0 unspecified atom stereocenters. The Bertz CT molecular complexity index is 902. The van der Waals surface area contributed by atoms with Gasteiger partial charge in [-0.1, -0.05) is 38.1 Å². The van der Waals surface area contributed by atoms with E-state index in [-0.39, 0.29) is 11.2 Å². The second-order valence-corrected chi connectivity index (χ2v) is 7.54. The van der Waals surface area contributed by atoms with Crippen molar-refractivity contribution in [3.63, 3.8) is 0 Å². The molecule has 0 amide bonds. The summed E-state index contributed by atoms with van der Waals surface area (Å²) >= 11 is 0. The Labute approximate surface area is 172 Å². The van der Waals surface area contributed by atoms with Crippen molar-refractivity contribution < 1.29 is 18.6 Å². The van der Waals surface area contributed by atoms with Crippen molar-refractivity contribution in [2.75, 3.05) is 13.2 Å². The minimum absolute atomic E-state index is 0.118. The fourth-order valence-electron chi connectivity index (χ4n) is 3.01. The molecule has 0 bridgehead atoms. The summed E-state index contributed by atoms with van der Waals surface area (Å²) in [6.07, 6.45) is 0. The molecule has 3 nitrogen and oxygen atoms in total. The van der Waals surface area contributed by atoms with E-state index in [4.69, 9.17) is 14.2 Å². The predicted octanol–water partition coefficient (Wildman–Crippen LogP) is 6.51. The van der Waals surface area contributed by atoms with Gasteiger partial charge < -0.3 is 14.2 Å². The molecule has 3 rings (SSSR count). The second kappa shape index (κ2) is 9.57. The lowest BCUT2D eigenvalue weighted by molar-refractivity contribution is 0.0824. The van der Waals surface area contributed by atoms with E-state index >= 15 is 0 Å². The van der Waals surface area contributed by atoms with Crippen LogP contribution in [-0.2, 0) is 16.8 Å². The standard InChI is InChI=1S/C25H27FO3/c1-4-28-22-12-8-20(9-13-22)25(2,3)18-27-17-19-6-5-7-24(16-19)29-23-14-10-21(26)11-15-23/h5-16H,4,17-18H2,1-3H3. The third-order valence-electron chi connectivity index (χ3n) is 4.63. The number of hydrogen-bond donors (Lipinski definition) is 0. The van der Waals surface area contributed by atoms with Crippen LogP contribution in [0.1, 0.15) is 31.9 Å². The van der Waals surface area contributed by atoms with Crippen molar-refractivity contribution in [2.24, 2.45) is 0 Å². The monoisotopic (exact) mass is 394 g/mol. The van der Waals surface area contributed by atoms with Gasteiger partial charge in [0.2, 0.25) is 0 Å². The molecule has 0 spiro atoms. The van der Waals surface area contributed by atoms with Gasteiger partial charge in [0.25, 0.3) is 0 Å². The molecule has 29 heavy (non-hydrogen) atoms. The molecular formula is C25H27FO3. The van der Waals surface area contributed by atoms with Crippen LogP contribution in [-0.4, -0.2) is 13.2 Å². The van der Waals surface area contributed by atoms with Crippen molar-refractivity contribution >= 4 is 0 Å². The average Bonchev–Trinajstić information content (AvgIpc) is 2.71. The number of hydrogen-bond acceptors (Lipinski definition) is 3. The largest absolute Gasteiger partial charge is 0.494 e. The fraction of sp³-hybridized carbons (Fsp3) is 0.280. The first-order valence-electron chi connectivity index (χ1n) is 9.80. The van der Waals surface area contributed by atoms with Gasteiger partial charge in [-0.3, -0.25) is 0 Å². The smallest absolute Gasteiger partial charge is 0.127 e. The number of benzene rings is 3. The molecule has 3 aromatic carbocycles. The SMILES string of the molecule is CCOc1ccc(C(C)(C)COCc2cccc(Oc3ccc(F)cc3)c2)cc1. The fourth-order valence-corrected chi connectivity index (χ4v) is 3.01. The number of rotatable bonds is 9. The first-order valence-corrected chi connectivity index (χ1v) is 9.80. The van der Waals surface area contributed by atoms with Crippen LogP contribution in [0.3, 0.4) is 0 Å². The van der Waals surface area contributed by atoms with Crippen LogP contribution in [0.4, 0.5) is 4.39 Å². The summed E-state index contributed by atoms with van der Waals surface area (Å²) < 4.78 is 30.3. The summed E-state index contributed by atoms with van der Waals surface area (Å²) in [5.41, 5.74) is 2.11. The molecule has 4 heteroatoms. The molecule has 0 saturated heterocycles. The highest BCUT2D eigenvalue weighted by molar-refractivity contribution is 5.34. The Morgan fingerprint density at radius 2 is 1.52 bits per heavy atom. The lowest BCUT2D eigenvalue weighted by atomic mass is 9.85. The van der Waals surface area contributed by atoms with Gasteiger partial charge in [0.1, 0.15) is 23.1 Å². The predicted molar refractivity (Wildman–Crippen MR) is 113 cm³/mol. The van der Waals surface area contributed by atoms with Crippen molar-refractivity contribution in [1.82, 2.24) is 0 Å². The molecule has 0 radical (unpaired) electrons. The van der Waals surface area contributed by atoms with Crippen LogP contribution < -0.4 is 9.47 Å². The van der Waals surface area contributed by atoms with E-state index < -0.39 is 0 Å². The highest BCUT2D eigenvalue weighted by Gasteiger charge is 2.21. The molecule has 0 heterocycles. The van der Waals surface area contributed by atoms with Gasteiger partial charge in [-0.05, 0) is 66.6 Å². The molecule has 3 aromatic rings. The van der Waals surface area contributed by atoms with Gasteiger partial charge in [0.15, 0.2) is 0 Å². The zero-order valence-electron chi connectivity index (χ0n) is 17.2. The highest BCUT2D eigenvalue weighted by atomic mass is 19.1. The average molecular weight is 394 g/mol. The Morgan fingerprint density at radius 3 is 2.21 bits per heavy atom. The third kappa shape index (κ3) is 6.06. The van der Waals surface area contributed by atoms with Crippen LogP contribution in [0.2, 0.25) is 0 Å². The second-order valence-electron chi connectivity index (χ2n) is 7.54. The summed E-state index contributed by atoms with van der Waals surface area (Å²) in [5, 5.41) is 0. The maximum absolute atomic E-state index is 13.0. The van der Waals surface area contributed by atoms with Gasteiger partial charge in [-0.15, -0.1) is 0 Å². The summed E-state index contributed by atoms with van der Waals surface area (Å²) in [7, 11) is 0. The summed E-state index contributed by atoms with van der Waals surface area (Å²) in [6, 6.07) is 21.9. The topological polar surface area (TPSA) is 27.7 Å². The van der Waals surface area contributed by atoms with Gasteiger partial charge in [0, 0.05) is 5.41 Å². The molecular weight excluding hydrogens is 367 g/mol. The van der Waals surface area contributed by atoms with Gasteiger partial charge in [0.05, 0.1) is 19.8 Å². The van der Waals surface area contributed by atoms with Gasteiger partial charge in [-0.25, -0.2) is 4.39 Å². The molecule has 0 atom stereocenters. The van der Waals surface area contributed by atoms with E-state index in [1.807, 2.05) is 43.3 Å². The normalized spacial score (nSPS) is 11.3. The number of halogens is 1. The highest BCUT2D eigenvalue weighted by Crippen LogP contribution is 2.27. The van der Waals surface area contributed by atoms with Crippen molar-refractivity contribution in [3.05, 3.63) is 89.7 Å². The van der Waals surface area contributed by atoms with Crippen LogP contribution in [0.15, 0.2) is 72.8 Å². The van der Waals surface area contributed by atoms with Crippen LogP contribution in [0, 0.1) is 5.82 Å². The maximum Gasteiger partial charge on any atom is 0.127 e. The van der Waals surface area contributed by atoms with Crippen LogP contribution in [0.5, 0.6) is 17.2 Å². The first kappa shape index (κ1) is 20.9. The van der Waals surface area contributed by atoms with E-state index in [2.05, 4.69) is 26.0 Å². The molecule has 0 aliphatic rings. The van der Waals surface area contributed by atoms with Crippen LogP contribution in [0.25, 0.3) is 0 Å². The Morgan fingerprint density at radius 1 is 0.828 bits per heavy atom. The minimum atomic E-state index is -0.283. The first-order chi connectivity index (χ1) is 14.0. The molecule has 152 valence electrons. The molecule has 0 aromatic heterocycles. The van der Waals surface area contributed by atoms with Crippen molar-refractivity contribution in [2.45, 2.75) is 32.8 Å². The summed E-state index contributed by atoms with van der Waals surface area (Å²) in [4.78, 5) is 0. The Balaban J connectivity index is 1.56. The zero-order valence-corrected chi connectivity index (χ0v) is 17.2. The van der Waals surface area contributed by atoms with E-state index in [1.54, 1.807) is 12.1 Å². The molecule has 0 N–H and O–H groups in total. The van der Waals surface area contributed by atoms with E-state index in [0.29, 0.717) is 31.3 Å². The third-order valence-corrected chi connectivity index (χ3v) is 4.63. The lowest BCUT2D eigenvalue weighted by Gasteiger charge is -2.25. The summed E-state index contributed by atoms with van der Waals surface area (Å²) in [6.45, 7) is 8.04. The van der Waals surface area contributed by atoms with Gasteiger partial charge >= 0.3 is 0 Å². The number of ether oxygens (including phenoxy) is 3. The maximum atomic E-state index is 13.0. The molecule has 0 fully saturated rings. The summed E-state index contributed by atoms with van der Waals surface area (Å²) in [5.74, 6) is 1.89. The van der Waals surface area contributed by atoms with Crippen molar-refractivity contribution in [1.29, 1.82) is 0 Å². The van der Waals surface area contributed by atoms with E-state index in [9.17, 15) is 4.39 Å². The zero-order chi connectivity index (χ0) is 20.7. The Hall–Kier alpha value is -2.85. The van der Waals surface area contributed by atoms with E-state index in [1.165, 1.54) is 17.7 Å². The lowest BCUT2D eigenvalue weighted by Crippen LogP contribution is -2.24. The molecule has 0 aliphatic heterocycles. The minimum Gasteiger partial charge on any atom is -0.494 e. The van der Waals surface area contributed by atoms with E-state index in [0.717, 1.165) is 11.3 Å². The van der Waals surface area contributed by atoms with Crippen molar-refractivity contribution in [3.8, 4) is 17.2 Å². The Kier molecular flexibility index (Phi) is 6.89.